The smallest absolute Gasteiger partial charge is 0.384 e. The Balaban J connectivity index is 0.00000112. The fraction of sp³-hybridized carbons (Fsp3) is 0.375. The van der Waals surface area contributed by atoms with Crippen molar-refractivity contribution in [2.75, 3.05) is 11.9 Å². The van der Waals surface area contributed by atoms with Crippen molar-refractivity contribution in [2.45, 2.75) is 12.6 Å². The van der Waals surface area contributed by atoms with Crippen LogP contribution in [0.1, 0.15) is 11.3 Å². The second kappa shape index (κ2) is 4.06. The van der Waals surface area contributed by atoms with Gasteiger partial charge >= 0.3 is 6.18 Å². The van der Waals surface area contributed by atoms with E-state index in [1.807, 2.05) is 0 Å². The van der Waals surface area contributed by atoms with E-state index in [0.29, 0.717) is 24.2 Å². The Kier molecular flexibility index (Phi) is 3.35. The van der Waals surface area contributed by atoms with Gasteiger partial charge in [-0.2, -0.15) is 13.2 Å². The van der Waals surface area contributed by atoms with E-state index in [1.54, 1.807) is 0 Å². The van der Waals surface area contributed by atoms with Gasteiger partial charge in [0.2, 0.25) is 0 Å². The van der Waals surface area contributed by atoms with Gasteiger partial charge in [-0.1, -0.05) is 11.6 Å². The molecular weight excluding hydrogens is 252 g/mol. The SMILES string of the molecule is Cl.FC(F)(F)c1cc2c(c(Cl)n1)CCN2. The summed E-state index contributed by atoms with van der Waals surface area (Å²) in [6.45, 7) is 0.609. The second-order valence-electron chi connectivity index (χ2n) is 3.00. The van der Waals surface area contributed by atoms with Gasteiger partial charge in [0.1, 0.15) is 10.8 Å². The minimum atomic E-state index is -4.44. The Morgan fingerprint density at radius 1 is 1.40 bits per heavy atom. The first kappa shape index (κ1) is 12.4. The molecule has 7 heteroatoms. The molecule has 1 aliphatic heterocycles. The third-order valence-corrected chi connectivity index (χ3v) is 2.37. The van der Waals surface area contributed by atoms with Crippen molar-refractivity contribution in [3.63, 3.8) is 0 Å². The summed E-state index contributed by atoms with van der Waals surface area (Å²) < 4.78 is 36.9. The summed E-state index contributed by atoms with van der Waals surface area (Å²) in [4.78, 5) is 3.32. The lowest BCUT2D eigenvalue weighted by molar-refractivity contribution is -0.141. The number of hydrogen-bond donors (Lipinski definition) is 1. The van der Waals surface area contributed by atoms with Gasteiger partial charge in [0.05, 0.1) is 0 Å². The Morgan fingerprint density at radius 2 is 2.07 bits per heavy atom. The average Bonchev–Trinajstić information content (AvgIpc) is 2.50. The molecule has 2 rings (SSSR count). The van der Waals surface area contributed by atoms with E-state index in [2.05, 4.69) is 10.3 Å². The molecule has 1 aromatic heterocycles. The van der Waals surface area contributed by atoms with Crippen LogP contribution in [0.25, 0.3) is 0 Å². The van der Waals surface area contributed by atoms with Crippen LogP contribution in [0.4, 0.5) is 18.9 Å². The molecule has 0 aliphatic carbocycles. The summed E-state index contributed by atoms with van der Waals surface area (Å²) >= 11 is 5.63. The normalized spacial score (nSPS) is 14.1. The molecule has 0 aromatic carbocycles. The van der Waals surface area contributed by atoms with Gasteiger partial charge in [-0.25, -0.2) is 4.98 Å². The summed E-state index contributed by atoms with van der Waals surface area (Å²) in [6.07, 6.45) is -3.82. The molecule has 0 unspecified atom stereocenters. The van der Waals surface area contributed by atoms with Gasteiger partial charge in [-0.05, 0) is 12.5 Å². The number of fused-ring (bicyclic) bond motifs is 1. The molecule has 0 saturated heterocycles. The van der Waals surface area contributed by atoms with Crippen LogP contribution in [0, 0.1) is 0 Å². The molecule has 2 nitrogen and oxygen atoms in total. The van der Waals surface area contributed by atoms with Gasteiger partial charge in [0, 0.05) is 17.8 Å². The maximum Gasteiger partial charge on any atom is 0.433 e. The maximum atomic E-state index is 12.3. The van der Waals surface area contributed by atoms with E-state index >= 15 is 0 Å². The number of pyridine rings is 1. The van der Waals surface area contributed by atoms with Crippen molar-refractivity contribution in [2.24, 2.45) is 0 Å². The molecule has 15 heavy (non-hydrogen) atoms. The van der Waals surface area contributed by atoms with E-state index in [0.717, 1.165) is 6.07 Å². The zero-order chi connectivity index (χ0) is 10.3. The molecule has 1 aromatic rings. The zero-order valence-corrected chi connectivity index (χ0v) is 8.93. The van der Waals surface area contributed by atoms with E-state index in [1.165, 1.54) is 0 Å². The van der Waals surface area contributed by atoms with E-state index in [9.17, 15) is 13.2 Å². The lowest BCUT2D eigenvalue weighted by Gasteiger charge is -2.08. The summed E-state index contributed by atoms with van der Waals surface area (Å²) in [5.41, 5.74) is 0.160. The Bertz CT molecular complexity index is 379. The molecule has 0 bridgehead atoms. The van der Waals surface area contributed by atoms with Crippen LogP contribution in [0.3, 0.4) is 0 Å². The number of aromatic nitrogens is 1. The van der Waals surface area contributed by atoms with Crippen molar-refractivity contribution in [1.29, 1.82) is 0 Å². The quantitative estimate of drug-likeness (QED) is 0.724. The largest absolute Gasteiger partial charge is 0.433 e. The first-order chi connectivity index (χ1) is 6.48. The minimum Gasteiger partial charge on any atom is -0.384 e. The fourth-order valence-electron chi connectivity index (χ4n) is 1.40. The predicted molar refractivity (Wildman–Crippen MR) is 53.7 cm³/mol. The fourth-order valence-corrected chi connectivity index (χ4v) is 1.69. The first-order valence-corrected chi connectivity index (χ1v) is 4.37. The topological polar surface area (TPSA) is 24.9 Å². The Hall–Kier alpha value is -0.680. The second-order valence-corrected chi connectivity index (χ2v) is 3.36. The van der Waals surface area contributed by atoms with Crippen LogP contribution in [0.15, 0.2) is 6.07 Å². The number of halogens is 5. The van der Waals surface area contributed by atoms with Crippen molar-refractivity contribution in [3.8, 4) is 0 Å². The van der Waals surface area contributed by atoms with Crippen LogP contribution in [0.5, 0.6) is 0 Å². The highest BCUT2D eigenvalue weighted by Gasteiger charge is 2.34. The molecule has 1 aliphatic rings. The molecule has 0 spiro atoms. The van der Waals surface area contributed by atoms with Crippen LogP contribution < -0.4 is 5.32 Å². The van der Waals surface area contributed by atoms with E-state index in [4.69, 9.17) is 11.6 Å². The van der Waals surface area contributed by atoms with Crippen molar-refractivity contribution < 1.29 is 13.2 Å². The predicted octanol–water partition coefficient (Wildman–Crippen LogP) is 3.14. The molecule has 0 radical (unpaired) electrons. The standard InChI is InChI=1S/C8H6ClF3N2.ClH/c9-7-4-1-2-13-5(4)3-6(14-7)8(10,11)12;/h3,13H,1-2H2;1H. The van der Waals surface area contributed by atoms with Gasteiger partial charge < -0.3 is 5.32 Å². The van der Waals surface area contributed by atoms with Crippen LogP contribution in [0.2, 0.25) is 5.15 Å². The van der Waals surface area contributed by atoms with Crippen LogP contribution >= 0.6 is 24.0 Å². The lowest BCUT2D eigenvalue weighted by atomic mass is 10.2. The van der Waals surface area contributed by atoms with Gasteiger partial charge in [0.25, 0.3) is 0 Å². The number of alkyl halides is 3. The molecular formula is C8H7Cl2F3N2. The summed E-state index contributed by atoms with van der Waals surface area (Å²) in [5, 5.41) is 2.77. The molecule has 0 fully saturated rings. The third-order valence-electron chi connectivity index (χ3n) is 2.05. The van der Waals surface area contributed by atoms with E-state index in [-0.39, 0.29) is 17.6 Å². The minimum absolute atomic E-state index is 0. The summed E-state index contributed by atoms with van der Waals surface area (Å²) in [6, 6.07) is 0.994. The lowest BCUT2D eigenvalue weighted by Crippen LogP contribution is -2.08. The zero-order valence-electron chi connectivity index (χ0n) is 7.36. The monoisotopic (exact) mass is 258 g/mol. The third kappa shape index (κ3) is 2.29. The number of hydrogen-bond acceptors (Lipinski definition) is 2. The van der Waals surface area contributed by atoms with Crippen molar-refractivity contribution >= 4 is 29.7 Å². The number of rotatable bonds is 0. The highest BCUT2D eigenvalue weighted by Crippen LogP contribution is 2.35. The van der Waals surface area contributed by atoms with Crippen LogP contribution in [-0.2, 0) is 12.6 Å². The number of nitrogens with one attached hydrogen (secondary N) is 1. The average molecular weight is 259 g/mol. The molecule has 0 saturated carbocycles. The first-order valence-electron chi connectivity index (χ1n) is 3.99. The molecule has 2 heterocycles. The summed E-state index contributed by atoms with van der Waals surface area (Å²) in [5.74, 6) is 0. The Morgan fingerprint density at radius 3 is 2.67 bits per heavy atom. The molecule has 0 atom stereocenters. The maximum absolute atomic E-state index is 12.3. The van der Waals surface area contributed by atoms with Crippen molar-refractivity contribution in [3.05, 3.63) is 22.5 Å². The number of nitrogens with zero attached hydrogens (tertiary/aromatic N) is 1. The van der Waals surface area contributed by atoms with Gasteiger partial charge in [-0.15, -0.1) is 12.4 Å². The summed E-state index contributed by atoms with van der Waals surface area (Å²) in [7, 11) is 0. The molecule has 84 valence electrons. The number of anilines is 1. The highest BCUT2D eigenvalue weighted by atomic mass is 35.5. The molecule has 1 N–H and O–H groups in total. The van der Waals surface area contributed by atoms with Gasteiger partial charge in [0.15, 0.2) is 0 Å². The highest BCUT2D eigenvalue weighted by molar-refractivity contribution is 6.30. The molecule has 0 amide bonds. The van der Waals surface area contributed by atoms with Crippen LogP contribution in [-0.4, -0.2) is 11.5 Å². The Labute approximate surface area is 95.2 Å². The van der Waals surface area contributed by atoms with Crippen molar-refractivity contribution in [1.82, 2.24) is 4.98 Å². The van der Waals surface area contributed by atoms with Gasteiger partial charge in [-0.3, -0.25) is 0 Å². The van der Waals surface area contributed by atoms with E-state index < -0.39 is 11.9 Å².